The van der Waals surface area contributed by atoms with Crippen LogP contribution in [0.4, 0.5) is 0 Å². The van der Waals surface area contributed by atoms with Gasteiger partial charge < -0.3 is 10.2 Å². The van der Waals surface area contributed by atoms with E-state index in [1.807, 2.05) is 29.2 Å². The van der Waals surface area contributed by atoms with Gasteiger partial charge in [0.25, 0.3) is 5.91 Å². The molecule has 2 aliphatic heterocycles. The summed E-state index contributed by atoms with van der Waals surface area (Å²) in [4.78, 5) is 16.7. The molecule has 5 heteroatoms. The number of rotatable bonds is 2. The zero-order valence-corrected chi connectivity index (χ0v) is 13.0. The SMILES string of the molecule is O=C(c1ccc(I)cc1)N1CC(N2CCNCC2)C1. The summed E-state index contributed by atoms with van der Waals surface area (Å²) in [5.41, 5.74) is 0.805. The highest BCUT2D eigenvalue weighted by atomic mass is 127. The van der Waals surface area contributed by atoms with E-state index in [0.29, 0.717) is 6.04 Å². The number of amides is 1. The third kappa shape index (κ3) is 2.93. The lowest BCUT2D eigenvalue weighted by molar-refractivity contribution is 0.0227. The molecule has 0 spiro atoms. The number of carbonyl (C=O) groups excluding carboxylic acids is 1. The van der Waals surface area contributed by atoms with Gasteiger partial charge in [-0.15, -0.1) is 0 Å². The average Bonchev–Trinajstić information content (AvgIpc) is 2.39. The fourth-order valence-electron chi connectivity index (χ4n) is 2.67. The van der Waals surface area contributed by atoms with Crippen molar-refractivity contribution < 1.29 is 4.79 Å². The Hall–Kier alpha value is -0.660. The number of nitrogens with one attached hydrogen (secondary N) is 1. The first-order valence-corrected chi connectivity index (χ1v) is 7.81. The van der Waals surface area contributed by atoms with Crippen molar-refractivity contribution in [1.82, 2.24) is 15.1 Å². The molecule has 0 unspecified atom stereocenters. The van der Waals surface area contributed by atoms with Gasteiger partial charge in [0.1, 0.15) is 0 Å². The predicted molar refractivity (Wildman–Crippen MR) is 83.3 cm³/mol. The monoisotopic (exact) mass is 371 g/mol. The normalized spacial score (nSPS) is 21.2. The maximum Gasteiger partial charge on any atom is 0.253 e. The molecule has 1 aromatic rings. The van der Waals surface area contributed by atoms with Gasteiger partial charge in [-0.25, -0.2) is 0 Å². The first-order valence-electron chi connectivity index (χ1n) is 6.73. The Morgan fingerprint density at radius 3 is 2.42 bits per heavy atom. The molecule has 2 saturated heterocycles. The van der Waals surface area contributed by atoms with Gasteiger partial charge in [0.2, 0.25) is 0 Å². The quantitative estimate of drug-likeness (QED) is 0.789. The Morgan fingerprint density at radius 2 is 1.79 bits per heavy atom. The minimum Gasteiger partial charge on any atom is -0.335 e. The van der Waals surface area contributed by atoms with Crippen LogP contribution in [0.15, 0.2) is 24.3 Å². The van der Waals surface area contributed by atoms with Crippen LogP contribution in [0.25, 0.3) is 0 Å². The Balaban J connectivity index is 1.55. The topological polar surface area (TPSA) is 35.6 Å². The molecule has 0 saturated carbocycles. The summed E-state index contributed by atoms with van der Waals surface area (Å²) in [6.45, 7) is 6.12. The second-order valence-electron chi connectivity index (χ2n) is 5.16. The van der Waals surface area contributed by atoms with Crippen molar-refractivity contribution in [2.24, 2.45) is 0 Å². The third-order valence-electron chi connectivity index (χ3n) is 3.91. The van der Waals surface area contributed by atoms with E-state index in [9.17, 15) is 4.79 Å². The van der Waals surface area contributed by atoms with E-state index in [2.05, 4.69) is 32.8 Å². The van der Waals surface area contributed by atoms with E-state index in [-0.39, 0.29) is 5.91 Å². The van der Waals surface area contributed by atoms with Crippen LogP contribution in [-0.2, 0) is 0 Å². The minimum atomic E-state index is 0.169. The van der Waals surface area contributed by atoms with Crippen molar-refractivity contribution in [2.75, 3.05) is 39.3 Å². The van der Waals surface area contributed by atoms with Crippen LogP contribution in [0.5, 0.6) is 0 Å². The van der Waals surface area contributed by atoms with Crippen LogP contribution in [0.2, 0.25) is 0 Å². The minimum absolute atomic E-state index is 0.169. The first kappa shape index (κ1) is 13.3. The van der Waals surface area contributed by atoms with Crippen molar-refractivity contribution >= 4 is 28.5 Å². The molecule has 1 amide bonds. The van der Waals surface area contributed by atoms with Gasteiger partial charge in [0, 0.05) is 54.4 Å². The number of halogens is 1. The van der Waals surface area contributed by atoms with E-state index in [1.165, 1.54) is 0 Å². The van der Waals surface area contributed by atoms with Crippen molar-refractivity contribution in [1.29, 1.82) is 0 Å². The molecule has 0 atom stereocenters. The van der Waals surface area contributed by atoms with Crippen LogP contribution >= 0.6 is 22.6 Å². The standard InChI is InChI=1S/C14H18IN3O/c15-12-3-1-11(2-4-12)14(19)18-9-13(10-18)17-7-5-16-6-8-17/h1-4,13,16H,5-10H2. The lowest BCUT2D eigenvalue weighted by Crippen LogP contribution is -2.63. The van der Waals surface area contributed by atoms with Crippen LogP contribution in [0, 0.1) is 3.57 Å². The fourth-order valence-corrected chi connectivity index (χ4v) is 3.03. The number of piperazine rings is 1. The largest absolute Gasteiger partial charge is 0.335 e. The molecule has 1 aromatic carbocycles. The van der Waals surface area contributed by atoms with Gasteiger partial charge in [0.05, 0.1) is 0 Å². The summed E-state index contributed by atoms with van der Waals surface area (Å²) in [6, 6.07) is 8.38. The van der Waals surface area contributed by atoms with Gasteiger partial charge in [-0.2, -0.15) is 0 Å². The molecule has 4 nitrogen and oxygen atoms in total. The number of nitrogens with zero attached hydrogens (tertiary/aromatic N) is 2. The Labute approximate surface area is 127 Å². The number of carbonyl (C=O) groups is 1. The Morgan fingerprint density at radius 1 is 1.16 bits per heavy atom. The summed E-state index contributed by atoms with van der Waals surface area (Å²) in [6.07, 6.45) is 0. The third-order valence-corrected chi connectivity index (χ3v) is 4.63. The molecule has 102 valence electrons. The lowest BCUT2D eigenvalue weighted by Gasteiger charge is -2.46. The molecule has 1 N–H and O–H groups in total. The van der Waals surface area contributed by atoms with Crippen LogP contribution < -0.4 is 5.32 Å². The van der Waals surface area contributed by atoms with Gasteiger partial charge in [-0.05, 0) is 46.9 Å². The second-order valence-corrected chi connectivity index (χ2v) is 6.40. The summed E-state index contributed by atoms with van der Waals surface area (Å²) in [5.74, 6) is 0.169. The van der Waals surface area contributed by atoms with E-state index >= 15 is 0 Å². The number of likely N-dealkylation sites (tertiary alicyclic amines) is 1. The van der Waals surface area contributed by atoms with E-state index in [4.69, 9.17) is 0 Å². The smallest absolute Gasteiger partial charge is 0.253 e. The van der Waals surface area contributed by atoms with Crippen molar-refractivity contribution in [3.8, 4) is 0 Å². The van der Waals surface area contributed by atoms with Crippen molar-refractivity contribution in [3.63, 3.8) is 0 Å². The number of hydrogen-bond donors (Lipinski definition) is 1. The molecule has 0 radical (unpaired) electrons. The van der Waals surface area contributed by atoms with Crippen molar-refractivity contribution in [3.05, 3.63) is 33.4 Å². The molecule has 3 rings (SSSR count). The lowest BCUT2D eigenvalue weighted by atomic mass is 10.0. The second kappa shape index (κ2) is 5.76. The van der Waals surface area contributed by atoms with Crippen LogP contribution in [-0.4, -0.2) is 61.0 Å². The van der Waals surface area contributed by atoms with E-state index in [1.54, 1.807) is 0 Å². The highest BCUT2D eigenvalue weighted by molar-refractivity contribution is 14.1. The molecule has 2 fully saturated rings. The van der Waals surface area contributed by atoms with Gasteiger partial charge >= 0.3 is 0 Å². The summed E-state index contributed by atoms with van der Waals surface area (Å²) in [7, 11) is 0. The summed E-state index contributed by atoms with van der Waals surface area (Å²) in [5, 5.41) is 3.36. The molecule has 19 heavy (non-hydrogen) atoms. The molecule has 2 aliphatic rings. The average molecular weight is 371 g/mol. The maximum atomic E-state index is 12.3. The highest BCUT2D eigenvalue weighted by Gasteiger charge is 2.35. The van der Waals surface area contributed by atoms with Gasteiger partial charge in [0.15, 0.2) is 0 Å². The Bertz CT molecular complexity index is 450. The molecule has 0 aromatic heterocycles. The first-order chi connectivity index (χ1) is 9.24. The fraction of sp³-hybridized carbons (Fsp3) is 0.500. The highest BCUT2D eigenvalue weighted by Crippen LogP contribution is 2.19. The van der Waals surface area contributed by atoms with E-state index < -0.39 is 0 Å². The Kier molecular flexibility index (Phi) is 4.04. The number of hydrogen-bond acceptors (Lipinski definition) is 3. The van der Waals surface area contributed by atoms with Gasteiger partial charge in [-0.1, -0.05) is 0 Å². The maximum absolute atomic E-state index is 12.3. The predicted octanol–water partition coefficient (Wildman–Crippen LogP) is 1.02. The summed E-state index contributed by atoms with van der Waals surface area (Å²) < 4.78 is 1.16. The summed E-state index contributed by atoms with van der Waals surface area (Å²) >= 11 is 2.26. The molecular weight excluding hydrogens is 353 g/mol. The number of benzene rings is 1. The van der Waals surface area contributed by atoms with Gasteiger partial charge in [-0.3, -0.25) is 9.69 Å². The van der Waals surface area contributed by atoms with Crippen LogP contribution in [0.1, 0.15) is 10.4 Å². The molecule has 0 bridgehead atoms. The molecule has 0 aliphatic carbocycles. The molecular formula is C14H18IN3O. The zero-order chi connectivity index (χ0) is 13.2. The zero-order valence-electron chi connectivity index (χ0n) is 10.8. The van der Waals surface area contributed by atoms with Crippen molar-refractivity contribution in [2.45, 2.75) is 6.04 Å². The van der Waals surface area contributed by atoms with E-state index in [0.717, 1.165) is 48.4 Å². The molecule has 2 heterocycles. The van der Waals surface area contributed by atoms with Crippen LogP contribution in [0.3, 0.4) is 0 Å².